The van der Waals surface area contributed by atoms with Gasteiger partial charge in [-0.2, -0.15) is 5.10 Å². The molecule has 2 amide bonds. The lowest BCUT2D eigenvalue weighted by molar-refractivity contribution is -0.123. The minimum absolute atomic E-state index is 0.142. The van der Waals surface area contributed by atoms with E-state index in [2.05, 4.69) is 26.2 Å². The van der Waals surface area contributed by atoms with Crippen LogP contribution in [0.5, 0.6) is 11.5 Å². The fraction of sp³-hybridized carbons (Fsp3) is 0.158. The van der Waals surface area contributed by atoms with Gasteiger partial charge in [0.15, 0.2) is 0 Å². The standard InChI is InChI=1S/C19H18ClN5O4/c1-29-16-7-4-12(20)8-14(16)22-17(27)9-15-18(28)24-19(23-15)25-21-10-11-2-5-13(26)6-3-11/h2-8,10,15,26H,9H2,1H3,(H,22,27)(H2,23,24,25,28). The SMILES string of the molecule is COc1ccc(Cl)cc1NC(=O)CC1N=C(NN=Cc2ccc(O)cc2)NC1=O. The van der Waals surface area contributed by atoms with Crippen LogP contribution in [0, 0.1) is 0 Å². The Labute approximate surface area is 171 Å². The highest BCUT2D eigenvalue weighted by molar-refractivity contribution is 6.31. The molecule has 10 heteroatoms. The average molecular weight is 416 g/mol. The minimum atomic E-state index is -0.883. The number of nitrogens with zero attached hydrogens (tertiary/aromatic N) is 2. The van der Waals surface area contributed by atoms with Gasteiger partial charge in [0.2, 0.25) is 11.9 Å². The second-order valence-corrected chi connectivity index (χ2v) is 6.48. The van der Waals surface area contributed by atoms with Gasteiger partial charge in [0, 0.05) is 5.02 Å². The van der Waals surface area contributed by atoms with Gasteiger partial charge in [-0.25, -0.2) is 10.4 Å². The summed E-state index contributed by atoms with van der Waals surface area (Å²) in [5.41, 5.74) is 3.76. The lowest BCUT2D eigenvalue weighted by Gasteiger charge is -2.11. The van der Waals surface area contributed by atoms with Gasteiger partial charge in [0.05, 0.1) is 25.4 Å². The van der Waals surface area contributed by atoms with Crippen LogP contribution in [0.1, 0.15) is 12.0 Å². The van der Waals surface area contributed by atoms with E-state index in [-0.39, 0.29) is 18.1 Å². The van der Waals surface area contributed by atoms with Crippen LogP contribution in [0.25, 0.3) is 0 Å². The number of nitrogens with one attached hydrogen (secondary N) is 3. The van der Waals surface area contributed by atoms with Crippen LogP contribution in [-0.2, 0) is 9.59 Å². The first-order chi connectivity index (χ1) is 13.9. The molecule has 0 aliphatic carbocycles. The third-order valence-corrected chi connectivity index (χ3v) is 4.16. The van der Waals surface area contributed by atoms with E-state index in [9.17, 15) is 14.7 Å². The van der Waals surface area contributed by atoms with E-state index in [1.807, 2.05) is 0 Å². The molecule has 0 aromatic heterocycles. The number of halogens is 1. The lowest BCUT2D eigenvalue weighted by atomic mass is 10.2. The molecule has 1 aliphatic rings. The Kier molecular flexibility index (Phi) is 6.30. The monoisotopic (exact) mass is 415 g/mol. The summed E-state index contributed by atoms with van der Waals surface area (Å²) in [6.45, 7) is 0. The molecule has 0 saturated carbocycles. The van der Waals surface area contributed by atoms with Crippen LogP contribution in [0.15, 0.2) is 52.6 Å². The number of hydrogen-bond acceptors (Lipinski definition) is 7. The summed E-state index contributed by atoms with van der Waals surface area (Å²) >= 11 is 5.94. The third kappa shape index (κ3) is 5.45. The molecule has 1 unspecified atom stereocenters. The first-order valence-corrected chi connectivity index (χ1v) is 8.92. The largest absolute Gasteiger partial charge is 0.508 e. The van der Waals surface area contributed by atoms with Crippen molar-refractivity contribution in [3.63, 3.8) is 0 Å². The summed E-state index contributed by atoms with van der Waals surface area (Å²) in [5, 5.41) is 18.8. The molecule has 1 aliphatic heterocycles. The zero-order chi connectivity index (χ0) is 20.8. The summed E-state index contributed by atoms with van der Waals surface area (Å²) in [5.74, 6) is -0.0841. The Morgan fingerprint density at radius 3 is 2.83 bits per heavy atom. The Morgan fingerprint density at radius 2 is 2.10 bits per heavy atom. The number of anilines is 1. The van der Waals surface area contributed by atoms with Crippen LogP contribution >= 0.6 is 11.6 Å². The molecule has 2 aromatic carbocycles. The number of hydrogen-bond donors (Lipinski definition) is 4. The van der Waals surface area contributed by atoms with E-state index in [0.29, 0.717) is 16.5 Å². The molecule has 29 heavy (non-hydrogen) atoms. The van der Waals surface area contributed by atoms with Gasteiger partial charge >= 0.3 is 0 Å². The number of methoxy groups -OCH3 is 1. The fourth-order valence-corrected chi connectivity index (χ4v) is 2.70. The van der Waals surface area contributed by atoms with Gasteiger partial charge in [-0.3, -0.25) is 14.9 Å². The molecule has 0 spiro atoms. The maximum atomic E-state index is 12.3. The molecule has 2 aromatic rings. The number of hydrazone groups is 1. The average Bonchev–Trinajstić information content (AvgIpc) is 3.02. The van der Waals surface area contributed by atoms with Crippen molar-refractivity contribution in [1.82, 2.24) is 10.7 Å². The molecule has 1 heterocycles. The summed E-state index contributed by atoms with van der Waals surface area (Å²) in [6, 6.07) is 10.3. The number of aliphatic imine (C=N–C) groups is 1. The number of phenols is 1. The maximum Gasteiger partial charge on any atom is 0.252 e. The Morgan fingerprint density at radius 1 is 1.34 bits per heavy atom. The molecular weight excluding hydrogens is 398 g/mol. The molecule has 0 saturated heterocycles. The first-order valence-electron chi connectivity index (χ1n) is 8.55. The molecule has 0 radical (unpaired) electrons. The van der Waals surface area contributed by atoms with Crippen LogP contribution in [0.3, 0.4) is 0 Å². The van der Waals surface area contributed by atoms with Crippen molar-refractivity contribution >= 4 is 41.3 Å². The number of guanidine groups is 1. The zero-order valence-electron chi connectivity index (χ0n) is 15.3. The fourth-order valence-electron chi connectivity index (χ4n) is 2.52. The summed E-state index contributed by atoms with van der Waals surface area (Å²) in [7, 11) is 1.48. The van der Waals surface area contributed by atoms with E-state index < -0.39 is 17.9 Å². The van der Waals surface area contributed by atoms with E-state index in [1.54, 1.807) is 30.3 Å². The molecular formula is C19H18ClN5O4. The normalized spacial score (nSPS) is 15.7. The van der Waals surface area contributed by atoms with E-state index in [1.165, 1.54) is 25.5 Å². The molecule has 3 rings (SSSR count). The van der Waals surface area contributed by atoms with Crippen molar-refractivity contribution in [2.75, 3.05) is 12.4 Å². The van der Waals surface area contributed by atoms with Crippen molar-refractivity contribution in [3.05, 3.63) is 53.1 Å². The smallest absolute Gasteiger partial charge is 0.252 e. The molecule has 9 nitrogen and oxygen atoms in total. The van der Waals surface area contributed by atoms with Crippen LogP contribution in [-0.4, -0.2) is 42.2 Å². The van der Waals surface area contributed by atoms with E-state index in [0.717, 1.165) is 5.56 Å². The summed E-state index contributed by atoms with van der Waals surface area (Å²) < 4.78 is 5.18. The van der Waals surface area contributed by atoms with Gasteiger partial charge in [-0.15, -0.1) is 0 Å². The van der Waals surface area contributed by atoms with Gasteiger partial charge in [-0.1, -0.05) is 11.6 Å². The lowest BCUT2D eigenvalue weighted by Crippen LogP contribution is -2.35. The number of aromatic hydroxyl groups is 1. The number of amides is 2. The number of carbonyl (C=O) groups is 2. The van der Waals surface area contributed by atoms with Gasteiger partial charge in [0.1, 0.15) is 17.5 Å². The van der Waals surface area contributed by atoms with Gasteiger partial charge in [-0.05, 0) is 48.0 Å². The number of rotatable bonds is 6. The van der Waals surface area contributed by atoms with Gasteiger partial charge < -0.3 is 15.2 Å². The molecule has 0 fully saturated rings. The Bertz CT molecular complexity index is 975. The third-order valence-electron chi connectivity index (χ3n) is 3.92. The molecule has 150 valence electrons. The van der Waals surface area contributed by atoms with Crippen molar-refractivity contribution in [2.24, 2.45) is 10.1 Å². The quantitative estimate of drug-likeness (QED) is 0.423. The maximum absolute atomic E-state index is 12.3. The first kappa shape index (κ1) is 20.2. The van der Waals surface area contributed by atoms with Crippen molar-refractivity contribution < 1.29 is 19.4 Å². The van der Waals surface area contributed by atoms with Crippen molar-refractivity contribution in [2.45, 2.75) is 12.5 Å². The van der Waals surface area contributed by atoms with Crippen LogP contribution in [0.4, 0.5) is 5.69 Å². The number of phenolic OH excluding ortho intramolecular Hbond substituents is 1. The Balaban J connectivity index is 1.57. The molecule has 4 N–H and O–H groups in total. The van der Waals surface area contributed by atoms with Gasteiger partial charge in [0.25, 0.3) is 5.91 Å². The second kappa shape index (κ2) is 9.07. The number of benzene rings is 2. The van der Waals surface area contributed by atoms with E-state index in [4.69, 9.17) is 16.3 Å². The second-order valence-electron chi connectivity index (χ2n) is 6.04. The Hall–Kier alpha value is -3.59. The van der Waals surface area contributed by atoms with Crippen LogP contribution < -0.4 is 20.8 Å². The highest BCUT2D eigenvalue weighted by atomic mass is 35.5. The van der Waals surface area contributed by atoms with Crippen molar-refractivity contribution in [3.8, 4) is 11.5 Å². The summed E-state index contributed by atoms with van der Waals surface area (Å²) in [6.07, 6.45) is 1.34. The zero-order valence-corrected chi connectivity index (χ0v) is 16.1. The van der Waals surface area contributed by atoms with Crippen molar-refractivity contribution in [1.29, 1.82) is 0 Å². The predicted octanol–water partition coefficient (Wildman–Crippen LogP) is 1.86. The highest BCUT2D eigenvalue weighted by Gasteiger charge is 2.28. The predicted molar refractivity (Wildman–Crippen MR) is 109 cm³/mol. The molecule has 0 bridgehead atoms. The number of carbonyl (C=O) groups excluding carboxylic acids is 2. The van der Waals surface area contributed by atoms with E-state index >= 15 is 0 Å². The number of ether oxygens (including phenoxy) is 1. The topological polar surface area (TPSA) is 124 Å². The molecule has 1 atom stereocenters. The highest BCUT2D eigenvalue weighted by Crippen LogP contribution is 2.27. The summed E-state index contributed by atoms with van der Waals surface area (Å²) in [4.78, 5) is 28.5. The minimum Gasteiger partial charge on any atom is -0.508 e. The van der Waals surface area contributed by atoms with Crippen LogP contribution in [0.2, 0.25) is 5.02 Å².